The Morgan fingerprint density at radius 2 is 1.89 bits per heavy atom. The Hall–Kier alpha value is -1.06. The summed E-state index contributed by atoms with van der Waals surface area (Å²) in [7, 11) is 0. The summed E-state index contributed by atoms with van der Waals surface area (Å²) in [5, 5.41) is 2.86. The van der Waals surface area contributed by atoms with Gasteiger partial charge in [-0.05, 0) is 32.6 Å². The van der Waals surface area contributed by atoms with Gasteiger partial charge in [-0.25, -0.2) is 0 Å². The first kappa shape index (κ1) is 16.0. The third-order valence-corrected chi connectivity index (χ3v) is 3.95. The Labute approximate surface area is 116 Å². The first-order chi connectivity index (χ1) is 8.84. The van der Waals surface area contributed by atoms with Gasteiger partial charge in [0.2, 0.25) is 11.8 Å². The summed E-state index contributed by atoms with van der Waals surface area (Å²) in [6.45, 7) is 10.7. The fourth-order valence-electron chi connectivity index (χ4n) is 2.68. The number of hydrogen-bond donors (Lipinski definition) is 1. The molecule has 0 aromatic rings. The molecule has 1 fully saturated rings. The normalized spacial score (nSPS) is 24.3. The van der Waals surface area contributed by atoms with Crippen molar-refractivity contribution in [2.45, 2.75) is 71.9 Å². The van der Waals surface area contributed by atoms with E-state index >= 15 is 0 Å². The molecule has 2 atom stereocenters. The van der Waals surface area contributed by atoms with Crippen LogP contribution in [0.3, 0.4) is 0 Å². The van der Waals surface area contributed by atoms with Crippen molar-refractivity contribution in [1.82, 2.24) is 10.2 Å². The summed E-state index contributed by atoms with van der Waals surface area (Å²) in [6.07, 6.45) is 3.81. The average Bonchev–Trinajstić information content (AvgIpc) is 2.33. The first-order valence-corrected chi connectivity index (χ1v) is 7.47. The van der Waals surface area contributed by atoms with Crippen LogP contribution >= 0.6 is 0 Å². The molecule has 0 bridgehead atoms. The number of carbonyl (C=O) groups is 2. The lowest BCUT2D eigenvalue weighted by Crippen LogP contribution is -2.68. The topological polar surface area (TPSA) is 49.4 Å². The molecule has 19 heavy (non-hydrogen) atoms. The Balaban J connectivity index is 2.87. The minimum absolute atomic E-state index is 0.0331. The van der Waals surface area contributed by atoms with Crippen LogP contribution in [-0.2, 0) is 9.59 Å². The van der Waals surface area contributed by atoms with Gasteiger partial charge < -0.3 is 10.2 Å². The number of nitrogens with zero attached hydrogens (tertiary/aromatic N) is 1. The van der Waals surface area contributed by atoms with Gasteiger partial charge in [0.25, 0.3) is 0 Å². The van der Waals surface area contributed by atoms with Crippen molar-refractivity contribution >= 4 is 11.8 Å². The second-order valence-electron chi connectivity index (χ2n) is 6.22. The van der Waals surface area contributed by atoms with Crippen molar-refractivity contribution in [1.29, 1.82) is 0 Å². The molecular formula is C15H28N2O2. The Bertz CT molecular complexity index is 339. The highest BCUT2D eigenvalue weighted by Crippen LogP contribution is 2.24. The lowest BCUT2D eigenvalue weighted by molar-refractivity contribution is -0.156. The van der Waals surface area contributed by atoms with Crippen molar-refractivity contribution in [2.75, 3.05) is 6.54 Å². The van der Waals surface area contributed by atoms with Crippen LogP contribution in [0.15, 0.2) is 0 Å². The molecule has 110 valence electrons. The molecule has 2 unspecified atom stereocenters. The molecular weight excluding hydrogens is 240 g/mol. The molecule has 0 spiro atoms. The van der Waals surface area contributed by atoms with E-state index in [1.54, 1.807) is 4.90 Å². The fourth-order valence-corrected chi connectivity index (χ4v) is 2.68. The lowest BCUT2D eigenvalue weighted by atomic mass is 9.92. The van der Waals surface area contributed by atoms with E-state index in [9.17, 15) is 9.59 Å². The first-order valence-electron chi connectivity index (χ1n) is 7.47. The van der Waals surface area contributed by atoms with Gasteiger partial charge >= 0.3 is 0 Å². The summed E-state index contributed by atoms with van der Waals surface area (Å²) in [5.41, 5.74) is -0.733. The van der Waals surface area contributed by atoms with E-state index in [1.165, 1.54) is 0 Å². The Morgan fingerprint density at radius 3 is 2.42 bits per heavy atom. The Kier molecular flexibility index (Phi) is 5.39. The Morgan fingerprint density at radius 1 is 1.26 bits per heavy atom. The van der Waals surface area contributed by atoms with Crippen LogP contribution in [0.2, 0.25) is 0 Å². The predicted octanol–water partition coefficient (Wildman–Crippen LogP) is 2.33. The fraction of sp³-hybridized carbons (Fsp3) is 0.867. The van der Waals surface area contributed by atoms with E-state index in [0.29, 0.717) is 12.5 Å². The van der Waals surface area contributed by atoms with E-state index in [2.05, 4.69) is 19.2 Å². The SMILES string of the molecule is CCCC(C)CN1C(=O)C(CCC)NC(=O)C1(C)C. The van der Waals surface area contributed by atoms with Crippen LogP contribution < -0.4 is 5.32 Å². The minimum atomic E-state index is -0.733. The van der Waals surface area contributed by atoms with Crippen LogP contribution in [0.1, 0.15) is 60.3 Å². The number of nitrogens with one attached hydrogen (secondary N) is 1. The summed E-state index contributed by atoms with van der Waals surface area (Å²) in [5.74, 6) is 0.477. The van der Waals surface area contributed by atoms with Crippen LogP contribution in [0.5, 0.6) is 0 Å². The van der Waals surface area contributed by atoms with Gasteiger partial charge in [-0.1, -0.05) is 33.6 Å². The second-order valence-corrected chi connectivity index (χ2v) is 6.22. The van der Waals surface area contributed by atoms with Crippen LogP contribution in [-0.4, -0.2) is 34.8 Å². The van der Waals surface area contributed by atoms with E-state index in [0.717, 1.165) is 25.7 Å². The third-order valence-electron chi connectivity index (χ3n) is 3.95. The monoisotopic (exact) mass is 268 g/mol. The number of carbonyl (C=O) groups excluding carboxylic acids is 2. The highest BCUT2D eigenvalue weighted by atomic mass is 16.2. The molecule has 4 heteroatoms. The summed E-state index contributed by atoms with van der Waals surface area (Å²) < 4.78 is 0. The van der Waals surface area contributed by atoms with Crippen LogP contribution in [0, 0.1) is 5.92 Å². The van der Waals surface area contributed by atoms with Gasteiger partial charge in [-0.2, -0.15) is 0 Å². The third kappa shape index (κ3) is 3.48. The van der Waals surface area contributed by atoms with Crippen LogP contribution in [0.25, 0.3) is 0 Å². The number of amides is 2. The van der Waals surface area contributed by atoms with Crippen molar-refractivity contribution in [3.05, 3.63) is 0 Å². The maximum atomic E-state index is 12.5. The maximum Gasteiger partial charge on any atom is 0.246 e. The average molecular weight is 268 g/mol. The van der Waals surface area contributed by atoms with Crippen molar-refractivity contribution in [3.63, 3.8) is 0 Å². The zero-order valence-electron chi connectivity index (χ0n) is 13.0. The predicted molar refractivity (Wildman–Crippen MR) is 76.7 cm³/mol. The molecule has 0 radical (unpaired) electrons. The molecule has 4 nitrogen and oxygen atoms in total. The van der Waals surface area contributed by atoms with Crippen LogP contribution in [0.4, 0.5) is 0 Å². The summed E-state index contributed by atoms with van der Waals surface area (Å²) in [4.78, 5) is 26.5. The highest BCUT2D eigenvalue weighted by molar-refractivity contribution is 5.99. The number of piperazine rings is 1. The molecule has 0 aromatic heterocycles. The molecule has 1 aliphatic rings. The van der Waals surface area contributed by atoms with Crippen molar-refractivity contribution in [2.24, 2.45) is 5.92 Å². The van der Waals surface area contributed by atoms with E-state index in [4.69, 9.17) is 0 Å². The largest absolute Gasteiger partial charge is 0.342 e. The highest BCUT2D eigenvalue weighted by Gasteiger charge is 2.45. The van der Waals surface area contributed by atoms with Crippen molar-refractivity contribution in [3.8, 4) is 0 Å². The zero-order chi connectivity index (χ0) is 14.6. The van der Waals surface area contributed by atoms with Gasteiger partial charge in [-0.15, -0.1) is 0 Å². The zero-order valence-corrected chi connectivity index (χ0v) is 13.0. The van der Waals surface area contributed by atoms with E-state index in [-0.39, 0.29) is 17.9 Å². The molecule has 1 rings (SSSR count). The van der Waals surface area contributed by atoms with Gasteiger partial charge in [0.15, 0.2) is 0 Å². The lowest BCUT2D eigenvalue weighted by Gasteiger charge is -2.45. The van der Waals surface area contributed by atoms with E-state index in [1.807, 2.05) is 20.8 Å². The molecule has 1 N–H and O–H groups in total. The molecule has 0 saturated carbocycles. The number of rotatable bonds is 6. The van der Waals surface area contributed by atoms with Crippen molar-refractivity contribution < 1.29 is 9.59 Å². The van der Waals surface area contributed by atoms with Gasteiger partial charge in [-0.3, -0.25) is 9.59 Å². The minimum Gasteiger partial charge on any atom is -0.342 e. The molecule has 1 heterocycles. The standard InChI is InChI=1S/C15H28N2O2/c1-6-8-11(3)10-17-13(18)12(9-7-2)16-14(19)15(17,4)5/h11-12H,6-10H2,1-5H3,(H,16,19). The molecule has 1 saturated heterocycles. The molecule has 2 amide bonds. The van der Waals surface area contributed by atoms with Gasteiger partial charge in [0.05, 0.1) is 0 Å². The maximum absolute atomic E-state index is 12.5. The molecule has 0 aliphatic carbocycles. The van der Waals surface area contributed by atoms with E-state index < -0.39 is 5.54 Å². The second kappa shape index (κ2) is 6.40. The summed E-state index contributed by atoms with van der Waals surface area (Å²) in [6, 6.07) is -0.334. The van der Waals surface area contributed by atoms with Gasteiger partial charge in [0, 0.05) is 6.54 Å². The summed E-state index contributed by atoms with van der Waals surface area (Å²) >= 11 is 0. The molecule has 0 aromatic carbocycles. The number of hydrogen-bond acceptors (Lipinski definition) is 2. The smallest absolute Gasteiger partial charge is 0.246 e. The van der Waals surface area contributed by atoms with Gasteiger partial charge in [0.1, 0.15) is 11.6 Å². The quantitative estimate of drug-likeness (QED) is 0.803. The molecule has 1 aliphatic heterocycles.